The predicted molar refractivity (Wildman–Crippen MR) is 66.8 cm³/mol. The number of rotatable bonds is 4. The number of hydrogen-bond donors (Lipinski definition) is 2. The van der Waals surface area contributed by atoms with E-state index in [1.54, 1.807) is 0 Å². The molecule has 1 saturated carbocycles. The van der Waals surface area contributed by atoms with Gasteiger partial charge in [0.1, 0.15) is 0 Å². The summed E-state index contributed by atoms with van der Waals surface area (Å²) in [5, 5.41) is 13.3. The zero-order chi connectivity index (χ0) is 13.4. The first-order valence-electron chi connectivity index (χ1n) is 5.73. The highest BCUT2D eigenvalue weighted by molar-refractivity contribution is 7.89. The Morgan fingerprint density at radius 3 is 2.61 bits per heavy atom. The van der Waals surface area contributed by atoms with Gasteiger partial charge in [0, 0.05) is 7.05 Å². The van der Waals surface area contributed by atoms with Crippen LogP contribution < -0.4 is 4.72 Å². The monoisotopic (exact) mass is 293 g/mol. The lowest BCUT2D eigenvalue weighted by Gasteiger charge is -2.27. The van der Waals surface area contributed by atoms with Gasteiger partial charge in [-0.15, -0.1) is 0 Å². The zero-order valence-electron chi connectivity index (χ0n) is 10.1. The van der Waals surface area contributed by atoms with Gasteiger partial charge in [-0.05, 0) is 12.8 Å². The van der Waals surface area contributed by atoms with Gasteiger partial charge in [-0.2, -0.15) is 5.10 Å². The number of aromatic nitrogens is 2. The van der Waals surface area contributed by atoms with Crippen LogP contribution in [0.3, 0.4) is 0 Å². The van der Waals surface area contributed by atoms with Gasteiger partial charge < -0.3 is 5.11 Å². The van der Waals surface area contributed by atoms with Crippen molar-refractivity contribution in [3.8, 4) is 0 Å². The van der Waals surface area contributed by atoms with E-state index >= 15 is 0 Å². The number of aliphatic hydroxyl groups is 1. The Labute approximate surface area is 111 Å². The predicted octanol–water partition coefficient (Wildman–Crippen LogP) is 0.657. The molecule has 0 saturated heterocycles. The van der Waals surface area contributed by atoms with Crippen molar-refractivity contribution in [3.05, 3.63) is 11.2 Å². The third kappa shape index (κ3) is 2.40. The first kappa shape index (κ1) is 13.8. The van der Waals surface area contributed by atoms with Crippen LogP contribution in [0.4, 0.5) is 0 Å². The minimum absolute atomic E-state index is 0.0658. The van der Waals surface area contributed by atoms with Crippen molar-refractivity contribution in [3.63, 3.8) is 0 Å². The van der Waals surface area contributed by atoms with Crippen molar-refractivity contribution in [1.82, 2.24) is 14.5 Å². The van der Waals surface area contributed by atoms with E-state index in [-0.39, 0.29) is 16.7 Å². The van der Waals surface area contributed by atoms with Crippen molar-refractivity contribution in [2.45, 2.75) is 36.2 Å². The maximum Gasteiger partial charge on any atom is 0.259 e. The third-order valence-electron chi connectivity index (χ3n) is 3.31. The maximum absolute atomic E-state index is 12.3. The number of hydrogen-bond acceptors (Lipinski definition) is 4. The average molecular weight is 294 g/mol. The number of aliphatic hydroxyl groups excluding tert-OH is 1. The van der Waals surface area contributed by atoms with Crippen molar-refractivity contribution < 1.29 is 13.5 Å². The Morgan fingerprint density at radius 1 is 1.56 bits per heavy atom. The summed E-state index contributed by atoms with van der Waals surface area (Å²) in [7, 11) is -2.26. The van der Waals surface area contributed by atoms with E-state index in [4.69, 9.17) is 11.6 Å². The fourth-order valence-corrected chi connectivity index (χ4v) is 4.49. The Morgan fingerprint density at radius 2 is 2.17 bits per heavy atom. The molecule has 1 aliphatic rings. The van der Waals surface area contributed by atoms with Gasteiger partial charge >= 0.3 is 0 Å². The van der Waals surface area contributed by atoms with E-state index in [0.29, 0.717) is 12.8 Å². The highest BCUT2D eigenvalue weighted by atomic mass is 35.5. The largest absolute Gasteiger partial charge is 0.394 e. The third-order valence-corrected chi connectivity index (χ3v) is 5.39. The van der Waals surface area contributed by atoms with E-state index in [9.17, 15) is 13.5 Å². The number of nitrogens with one attached hydrogen (secondary N) is 1. The van der Waals surface area contributed by atoms with Gasteiger partial charge in [0.2, 0.25) is 0 Å². The molecule has 2 rings (SSSR count). The van der Waals surface area contributed by atoms with Crippen LogP contribution in [0.25, 0.3) is 0 Å². The molecule has 1 aliphatic carbocycles. The van der Waals surface area contributed by atoms with Crippen LogP contribution in [0.2, 0.25) is 5.02 Å². The number of sulfonamides is 1. The topological polar surface area (TPSA) is 84.2 Å². The molecule has 1 aromatic rings. The van der Waals surface area contributed by atoms with Crippen molar-refractivity contribution in [2.24, 2.45) is 7.05 Å². The molecule has 1 aromatic heterocycles. The maximum atomic E-state index is 12.3. The summed E-state index contributed by atoms with van der Waals surface area (Å²) in [5.74, 6) is 0. The molecular weight excluding hydrogens is 278 g/mol. The molecule has 0 aromatic carbocycles. The molecule has 0 atom stereocenters. The molecule has 0 unspecified atom stereocenters. The van der Waals surface area contributed by atoms with Gasteiger partial charge in [-0.25, -0.2) is 13.1 Å². The molecule has 8 heteroatoms. The lowest BCUT2D eigenvalue weighted by molar-refractivity contribution is 0.185. The molecule has 0 bridgehead atoms. The molecule has 0 aliphatic heterocycles. The molecule has 6 nitrogen and oxygen atoms in total. The first-order valence-corrected chi connectivity index (χ1v) is 7.59. The Balaban J connectivity index is 2.33. The summed E-state index contributed by atoms with van der Waals surface area (Å²) in [6.07, 6.45) is 4.37. The van der Waals surface area contributed by atoms with Crippen LogP contribution in [0.5, 0.6) is 0 Å². The second-order valence-corrected chi connectivity index (χ2v) is 6.68. The van der Waals surface area contributed by atoms with Crippen LogP contribution in [-0.4, -0.2) is 35.5 Å². The second kappa shape index (κ2) is 4.80. The van der Waals surface area contributed by atoms with Gasteiger partial charge in [0.05, 0.1) is 23.4 Å². The fourth-order valence-electron chi connectivity index (χ4n) is 2.38. The number of halogens is 1. The molecule has 1 fully saturated rings. The van der Waals surface area contributed by atoms with Crippen molar-refractivity contribution >= 4 is 21.6 Å². The standard InChI is InChI=1S/C10H16ClN3O3S/c1-14-9(8(11)6-12-14)18(16,17)13-10(7-15)4-2-3-5-10/h6,13,15H,2-5,7H2,1H3. The number of nitrogens with zero attached hydrogens (tertiary/aromatic N) is 2. The fraction of sp³-hybridized carbons (Fsp3) is 0.700. The zero-order valence-corrected chi connectivity index (χ0v) is 11.6. The lowest BCUT2D eigenvalue weighted by Crippen LogP contribution is -2.49. The molecule has 2 N–H and O–H groups in total. The molecule has 1 heterocycles. The van der Waals surface area contributed by atoms with E-state index in [1.807, 2.05) is 0 Å². The Bertz CT molecular complexity index is 515. The van der Waals surface area contributed by atoms with Crippen molar-refractivity contribution in [2.75, 3.05) is 6.61 Å². The van der Waals surface area contributed by atoms with Crippen molar-refractivity contribution in [1.29, 1.82) is 0 Å². The number of aryl methyl sites for hydroxylation is 1. The minimum atomic E-state index is -3.77. The Kier molecular flexibility index (Phi) is 3.68. The van der Waals surface area contributed by atoms with Crippen LogP contribution in [0, 0.1) is 0 Å². The molecular formula is C10H16ClN3O3S. The lowest BCUT2D eigenvalue weighted by atomic mass is 10.0. The molecule has 0 spiro atoms. The smallest absolute Gasteiger partial charge is 0.259 e. The molecule has 102 valence electrons. The van der Waals surface area contributed by atoms with Crippen LogP contribution in [0.1, 0.15) is 25.7 Å². The summed E-state index contributed by atoms with van der Waals surface area (Å²) in [5.41, 5.74) is -0.758. The van der Waals surface area contributed by atoms with E-state index < -0.39 is 15.6 Å². The van der Waals surface area contributed by atoms with Gasteiger partial charge in [0.25, 0.3) is 10.0 Å². The normalized spacial score (nSPS) is 19.3. The molecule has 0 radical (unpaired) electrons. The highest BCUT2D eigenvalue weighted by Crippen LogP contribution is 2.31. The second-order valence-electron chi connectivity index (χ2n) is 4.67. The summed E-state index contributed by atoms with van der Waals surface area (Å²) in [6, 6.07) is 0. The summed E-state index contributed by atoms with van der Waals surface area (Å²) < 4.78 is 28.4. The average Bonchev–Trinajstić information content (AvgIpc) is 2.86. The van der Waals surface area contributed by atoms with E-state index in [2.05, 4.69) is 9.82 Å². The molecule has 18 heavy (non-hydrogen) atoms. The summed E-state index contributed by atoms with van der Waals surface area (Å²) >= 11 is 5.84. The SMILES string of the molecule is Cn1ncc(Cl)c1S(=O)(=O)NC1(CO)CCCC1. The first-order chi connectivity index (χ1) is 8.40. The van der Waals surface area contributed by atoms with Gasteiger partial charge in [0.15, 0.2) is 5.03 Å². The van der Waals surface area contributed by atoms with Crippen LogP contribution in [0.15, 0.2) is 11.2 Å². The van der Waals surface area contributed by atoms with E-state index in [0.717, 1.165) is 12.8 Å². The molecule has 0 amide bonds. The summed E-state index contributed by atoms with van der Waals surface area (Å²) in [6.45, 7) is -0.207. The van der Waals surface area contributed by atoms with Crippen LogP contribution >= 0.6 is 11.6 Å². The minimum Gasteiger partial charge on any atom is -0.394 e. The van der Waals surface area contributed by atoms with Crippen LogP contribution in [-0.2, 0) is 17.1 Å². The van der Waals surface area contributed by atoms with Gasteiger partial charge in [-0.1, -0.05) is 24.4 Å². The van der Waals surface area contributed by atoms with Gasteiger partial charge in [-0.3, -0.25) is 4.68 Å². The Hall–Kier alpha value is -0.630. The highest BCUT2D eigenvalue weighted by Gasteiger charge is 2.39. The quantitative estimate of drug-likeness (QED) is 0.854. The summed E-state index contributed by atoms with van der Waals surface area (Å²) in [4.78, 5) is 0. The van der Waals surface area contributed by atoms with E-state index in [1.165, 1.54) is 17.9 Å².